The SMILES string of the molecule is COC(=O)[C@]1(NS(=O)(=O)c2cnc(N)s2)CC1(C)c1ccccc1. The number of thiazole rings is 1. The number of nitrogen functional groups attached to an aromatic ring is 1. The van der Waals surface area contributed by atoms with Crippen LogP contribution < -0.4 is 10.5 Å². The lowest BCUT2D eigenvalue weighted by molar-refractivity contribution is -0.144. The number of nitrogens with zero attached hydrogens (tertiary/aromatic N) is 1. The van der Waals surface area contributed by atoms with Crippen molar-refractivity contribution in [1.82, 2.24) is 9.71 Å². The number of methoxy groups -OCH3 is 1. The second-order valence-corrected chi connectivity index (χ2v) is 8.87. The van der Waals surface area contributed by atoms with E-state index in [1.54, 1.807) is 0 Å². The van der Waals surface area contributed by atoms with Gasteiger partial charge in [0.2, 0.25) is 0 Å². The number of ether oxygens (including phenoxy) is 1. The lowest BCUT2D eigenvalue weighted by atomic mass is 9.93. The molecule has 2 atom stereocenters. The van der Waals surface area contributed by atoms with Crippen molar-refractivity contribution in [2.75, 3.05) is 12.8 Å². The van der Waals surface area contributed by atoms with Gasteiger partial charge in [-0.3, -0.25) is 0 Å². The van der Waals surface area contributed by atoms with Crippen LogP contribution in [0.25, 0.3) is 0 Å². The van der Waals surface area contributed by atoms with E-state index < -0.39 is 26.9 Å². The van der Waals surface area contributed by atoms with Crippen molar-refractivity contribution in [1.29, 1.82) is 0 Å². The number of hydrogen-bond donors (Lipinski definition) is 2. The Bertz CT molecular complexity index is 881. The van der Waals surface area contributed by atoms with Crippen molar-refractivity contribution in [3.8, 4) is 0 Å². The molecule has 1 aliphatic rings. The van der Waals surface area contributed by atoms with Crippen LogP contribution >= 0.6 is 11.3 Å². The van der Waals surface area contributed by atoms with Crippen LogP contribution in [-0.2, 0) is 25.0 Å². The molecular weight excluding hydrogens is 350 g/mol. The van der Waals surface area contributed by atoms with Gasteiger partial charge in [-0.25, -0.2) is 18.2 Å². The van der Waals surface area contributed by atoms with Crippen LogP contribution in [0.5, 0.6) is 0 Å². The number of anilines is 1. The zero-order chi connectivity index (χ0) is 17.6. The third-order valence-electron chi connectivity index (χ3n) is 4.46. The van der Waals surface area contributed by atoms with Crippen molar-refractivity contribution in [2.45, 2.75) is 28.5 Å². The molecule has 0 amide bonds. The van der Waals surface area contributed by atoms with Crippen LogP contribution in [-0.4, -0.2) is 32.0 Å². The largest absolute Gasteiger partial charge is 0.468 e. The zero-order valence-corrected chi connectivity index (χ0v) is 14.8. The Labute approximate surface area is 143 Å². The summed E-state index contributed by atoms with van der Waals surface area (Å²) in [5.41, 5.74) is 4.34. The van der Waals surface area contributed by atoms with Gasteiger partial charge in [-0.05, 0) is 12.0 Å². The van der Waals surface area contributed by atoms with Gasteiger partial charge in [0, 0.05) is 5.41 Å². The topological polar surface area (TPSA) is 111 Å². The summed E-state index contributed by atoms with van der Waals surface area (Å²) in [5.74, 6) is -0.616. The van der Waals surface area contributed by atoms with Gasteiger partial charge in [-0.15, -0.1) is 0 Å². The van der Waals surface area contributed by atoms with Crippen molar-refractivity contribution in [3.05, 3.63) is 42.1 Å². The number of hydrogen-bond acceptors (Lipinski definition) is 7. The van der Waals surface area contributed by atoms with E-state index in [0.29, 0.717) is 6.42 Å². The van der Waals surface area contributed by atoms with Crippen molar-refractivity contribution < 1.29 is 17.9 Å². The maximum absolute atomic E-state index is 12.6. The third-order valence-corrected chi connectivity index (χ3v) is 7.24. The summed E-state index contributed by atoms with van der Waals surface area (Å²) in [5, 5.41) is 0.143. The third kappa shape index (κ3) is 2.48. The van der Waals surface area contributed by atoms with Crippen molar-refractivity contribution >= 4 is 32.5 Å². The van der Waals surface area contributed by atoms with Gasteiger partial charge in [0.05, 0.1) is 13.3 Å². The van der Waals surface area contributed by atoms with Gasteiger partial charge in [0.1, 0.15) is 5.54 Å². The Kier molecular flexibility index (Phi) is 3.89. The van der Waals surface area contributed by atoms with E-state index >= 15 is 0 Å². The standard InChI is InChI=1S/C15H17N3O4S2/c1-14(10-6-4-3-5-7-10)9-15(14,12(19)22-2)18-24(20,21)11-8-17-13(16)23-11/h3-8,18H,9H2,1-2H3,(H2,16,17)/t14?,15-/m1/s1. The minimum atomic E-state index is -3.94. The first-order valence-corrected chi connectivity index (χ1v) is 9.44. The molecule has 128 valence electrons. The fourth-order valence-electron chi connectivity index (χ4n) is 2.98. The van der Waals surface area contributed by atoms with Crippen LogP contribution in [0.4, 0.5) is 5.13 Å². The highest BCUT2D eigenvalue weighted by Crippen LogP contribution is 2.58. The average molecular weight is 367 g/mol. The van der Waals surface area contributed by atoms with E-state index in [2.05, 4.69) is 9.71 Å². The number of rotatable bonds is 5. The first kappa shape index (κ1) is 16.9. The molecule has 0 bridgehead atoms. The Hall–Kier alpha value is -1.97. The Morgan fingerprint density at radius 1 is 1.38 bits per heavy atom. The maximum atomic E-state index is 12.6. The van der Waals surface area contributed by atoms with E-state index in [9.17, 15) is 13.2 Å². The molecule has 3 rings (SSSR count). The Balaban J connectivity index is 2.00. The Morgan fingerprint density at radius 2 is 2.04 bits per heavy atom. The number of nitrogens with two attached hydrogens (primary N) is 1. The zero-order valence-electron chi connectivity index (χ0n) is 13.1. The first-order chi connectivity index (χ1) is 11.2. The number of sulfonamides is 1. The van der Waals surface area contributed by atoms with Gasteiger partial charge < -0.3 is 10.5 Å². The van der Waals surface area contributed by atoms with E-state index in [4.69, 9.17) is 10.5 Å². The van der Waals surface area contributed by atoms with Gasteiger partial charge in [0.25, 0.3) is 10.0 Å². The van der Waals surface area contributed by atoms with Gasteiger partial charge in [-0.2, -0.15) is 4.72 Å². The highest BCUT2D eigenvalue weighted by molar-refractivity contribution is 7.91. The molecule has 9 heteroatoms. The molecule has 1 unspecified atom stereocenters. The van der Waals surface area contributed by atoms with Crippen LogP contribution in [0.1, 0.15) is 18.9 Å². The van der Waals surface area contributed by atoms with Crippen molar-refractivity contribution in [3.63, 3.8) is 0 Å². The molecule has 3 N–H and O–H groups in total. The molecule has 1 fully saturated rings. The van der Waals surface area contributed by atoms with E-state index in [1.807, 2.05) is 37.3 Å². The molecule has 24 heavy (non-hydrogen) atoms. The molecule has 1 heterocycles. The van der Waals surface area contributed by atoms with Crippen LogP contribution in [0, 0.1) is 0 Å². The summed E-state index contributed by atoms with van der Waals surface area (Å²) in [6.07, 6.45) is 1.49. The molecule has 1 aromatic carbocycles. The molecule has 2 aromatic rings. The monoisotopic (exact) mass is 367 g/mol. The van der Waals surface area contributed by atoms with Crippen LogP contribution in [0.3, 0.4) is 0 Å². The quantitative estimate of drug-likeness (QED) is 0.770. The summed E-state index contributed by atoms with van der Waals surface area (Å²) < 4.78 is 32.6. The minimum absolute atomic E-state index is 0.0365. The number of esters is 1. The summed E-state index contributed by atoms with van der Waals surface area (Å²) in [6.45, 7) is 1.84. The molecule has 1 saturated carbocycles. The molecule has 1 aliphatic carbocycles. The molecule has 7 nitrogen and oxygen atoms in total. The number of benzene rings is 1. The fourth-order valence-corrected chi connectivity index (χ4v) is 5.35. The number of nitrogens with one attached hydrogen (secondary N) is 1. The van der Waals surface area contributed by atoms with Crippen LogP contribution in [0.15, 0.2) is 40.7 Å². The smallest absolute Gasteiger partial charge is 0.328 e. The lowest BCUT2D eigenvalue weighted by Crippen LogP contribution is -2.48. The normalized spacial score (nSPS) is 26.1. The summed E-state index contributed by atoms with van der Waals surface area (Å²) in [7, 11) is -2.70. The lowest BCUT2D eigenvalue weighted by Gasteiger charge is -2.22. The number of carbonyl (C=O) groups is 1. The maximum Gasteiger partial charge on any atom is 0.328 e. The van der Waals surface area contributed by atoms with Gasteiger partial charge in [-0.1, -0.05) is 48.6 Å². The molecule has 0 saturated heterocycles. The number of aromatic nitrogens is 1. The highest BCUT2D eigenvalue weighted by atomic mass is 32.2. The number of carbonyl (C=O) groups excluding carboxylic acids is 1. The summed E-state index contributed by atoms with van der Waals surface area (Å²) in [6, 6.07) is 9.28. The molecule has 0 aliphatic heterocycles. The van der Waals surface area contributed by atoms with Gasteiger partial charge in [0.15, 0.2) is 9.34 Å². The average Bonchev–Trinajstić information content (AvgIpc) is 2.92. The summed E-state index contributed by atoms with van der Waals surface area (Å²) >= 11 is 0.843. The van der Waals surface area contributed by atoms with E-state index in [1.165, 1.54) is 13.3 Å². The van der Waals surface area contributed by atoms with Crippen LogP contribution in [0.2, 0.25) is 0 Å². The predicted octanol–water partition coefficient (Wildman–Crippen LogP) is 1.28. The second-order valence-electron chi connectivity index (χ2n) is 5.89. The first-order valence-electron chi connectivity index (χ1n) is 7.14. The molecule has 0 radical (unpaired) electrons. The molecule has 1 aromatic heterocycles. The highest BCUT2D eigenvalue weighted by Gasteiger charge is 2.72. The van der Waals surface area contributed by atoms with Gasteiger partial charge >= 0.3 is 5.97 Å². The van der Waals surface area contributed by atoms with E-state index in [-0.39, 0.29) is 9.34 Å². The summed E-state index contributed by atoms with van der Waals surface area (Å²) in [4.78, 5) is 16.2. The Morgan fingerprint density at radius 3 is 2.58 bits per heavy atom. The molecule has 0 spiro atoms. The minimum Gasteiger partial charge on any atom is -0.468 e. The predicted molar refractivity (Wildman–Crippen MR) is 90.0 cm³/mol. The molecular formula is C15H17N3O4S2. The van der Waals surface area contributed by atoms with Crippen molar-refractivity contribution in [2.24, 2.45) is 0 Å². The van der Waals surface area contributed by atoms with E-state index in [0.717, 1.165) is 16.9 Å². The fraction of sp³-hybridized carbons (Fsp3) is 0.333. The second kappa shape index (κ2) is 5.54.